The van der Waals surface area contributed by atoms with E-state index in [-0.39, 0.29) is 11.5 Å². The monoisotopic (exact) mass is 269 g/mol. The summed E-state index contributed by atoms with van der Waals surface area (Å²) >= 11 is 0. The van der Waals surface area contributed by atoms with Crippen LogP contribution >= 0.6 is 0 Å². The van der Waals surface area contributed by atoms with Gasteiger partial charge in [-0.25, -0.2) is 4.68 Å². The average molecular weight is 269 g/mol. The van der Waals surface area contributed by atoms with Crippen molar-refractivity contribution in [3.63, 3.8) is 0 Å². The minimum absolute atomic E-state index is 0.0132. The van der Waals surface area contributed by atoms with Gasteiger partial charge in [-0.2, -0.15) is 13.9 Å². The molecule has 1 aromatic carbocycles. The Morgan fingerprint density at radius 2 is 2.11 bits per heavy atom. The van der Waals surface area contributed by atoms with Crippen molar-refractivity contribution >= 4 is 5.82 Å². The quantitative estimate of drug-likeness (QED) is 0.903. The maximum absolute atomic E-state index is 12.3. The molecule has 0 atom stereocenters. The number of anilines is 1. The van der Waals surface area contributed by atoms with Crippen LogP contribution in [0.3, 0.4) is 0 Å². The van der Waals surface area contributed by atoms with Crippen LogP contribution in [0, 0.1) is 0 Å². The second kappa shape index (κ2) is 5.55. The van der Waals surface area contributed by atoms with Crippen molar-refractivity contribution in [2.75, 3.05) is 12.8 Å². The van der Waals surface area contributed by atoms with E-state index in [1.807, 2.05) is 0 Å². The maximum atomic E-state index is 12.3. The highest BCUT2D eigenvalue weighted by molar-refractivity contribution is 5.43. The van der Waals surface area contributed by atoms with Crippen molar-refractivity contribution in [1.82, 2.24) is 9.78 Å². The van der Waals surface area contributed by atoms with Gasteiger partial charge in [0.2, 0.25) is 0 Å². The summed E-state index contributed by atoms with van der Waals surface area (Å²) in [4.78, 5) is 0. The first-order valence-electron chi connectivity index (χ1n) is 5.49. The molecule has 2 aromatic rings. The number of ether oxygens (including phenoxy) is 2. The van der Waals surface area contributed by atoms with Crippen LogP contribution in [0.15, 0.2) is 30.5 Å². The number of nitrogens with two attached hydrogens (primary N) is 1. The number of methoxy groups -OCH3 is 1. The van der Waals surface area contributed by atoms with E-state index in [1.54, 1.807) is 29.1 Å². The number of aromatic nitrogens is 2. The number of alkyl halides is 2. The molecule has 0 bridgehead atoms. The van der Waals surface area contributed by atoms with Crippen LogP contribution in [0.25, 0.3) is 0 Å². The van der Waals surface area contributed by atoms with Crippen molar-refractivity contribution in [3.8, 4) is 11.5 Å². The highest BCUT2D eigenvalue weighted by Crippen LogP contribution is 2.29. The summed E-state index contributed by atoms with van der Waals surface area (Å²) in [5.74, 6) is 0.727. The molecule has 2 N–H and O–H groups in total. The summed E-state index contributed by atoms with van der Waals surface area (Å²) in [6, 6.07) is 6.43. The molecule has 5 nitrogen and oxygen atoms in total. The van der Waals surface area contributed by atoms with E-state index >= 15 is 0 Å². The minimum atomic E-state index is -2.90. The van der Waals surface area contributed by atoms with Gasteiger partial charge in [0, 0.05) is 0 Å². The van der Waals surface area contributed by atoms with Crippen LogP contribution in [0.2, 0.25) is 0 Å². The number of benzene rings is 1. The predicted octanol–water partition coefficient (Wildman–Crippen LogP) is 2.12. The second-order valence-corrected chi connectivity index (χ2v) is 3.78. The molecule has 2 rings (SSSR count). The van der Waals surface area contributed by atoms with Crippen LogP contribution in [-0.2, 0) is 6.54 Å². The fraction of sp³-hybridized carbons (Fsp3) is 0.250. The molecule has 0 unspecified atom stereocenters. The lowest BCUT2D eigenvalue weighted by atomic mass is 10.2. The Bertz CT molecular complexity index is 558. The van der Waals surface area contributed by atoms with Gasteiger partial charge < -0.3 is 15.2 Å². The molecule has 0 amide bonds. The molecule has 0 saturated heterocycles. The van der Waals surface area contributed by atoms with E-state index in [2.05, 4.69) is 9.84 Å². The Hall–Kier alpha value is -2.31. The number of nitrogen functional groups attached to an aromatic ring is 1. The Labute approximate surface area is 108 Å². The Morgan fingerprint density at radius 3 is 2.68 bits per heavy atom. The topological polar surface area (TPSA) is 62.3 Å². The number of hydrogen-bond acceptors (Lipinski definition) is 4. The summed E-state index contributed by atoms with van der Waals surface area (Å²) in [6.45, 7) is -2.54. The van der Waals surface area contributed by atoms with E-state index in [0.717, 1.165) is 5.56 Å². The SMILES string of the molecule is COc1ccc(Cn2nccc2N)cc1OC(F)F. The first-order chi connectivity index (χ1) is 9.10. The second-order valence-electron chi connectivity index (χ2n) is 3.78. The molecule has 0 saturated carbocycles. The van der Waals surface area contributed by atoms with Gasteiger partial charge in [0.15, 0.2) is 11.5 Å². The Balaban J connectivity index is 2.24. The Kier molecular flexibility index (Phi) is 3.84. The smallest absolute Gasteiger partial charge is 0.387 e. The highest BCUT2D eigenvalue weighted by atomic mass is 19.3. The summed E-state index contributed by atoms with van der Waals surface area (Å²) in [5.41, 5.74) is 6.42. The first kappa shape index (κ1) is 13.1. The van der Waals surface area contributed by atoms with Crippen molar-refractivity contribution in [2.24, 2.45) is 0 Å². The molecule has 1 heterocycles. The average Bonchev–Trinajstić information content (AvgIpc) is 2.75. The zero-order valence-corrected chi connectivity index (χ0v) is 10.2. The van der Waals surface area contributed by atoms with Gasteiger partial charge in [0.1, 0.15) is 5.82 Å². The third-order valence-electron chi connectivity index (χ3n) is 2.53. The summed E-state index contributed by atoms with van der Waals surface area (Å²) in [6.07, 6.45) is 1.56. The van der Waals surface area contributed by atoms with Crippen LogP contribution < -0.4 is 15.2 Å². The van der Waals surface area contributed by atoms with E-state index in [0.29, 0.717) is 12.4 Å². The first-order valence-corrected chi connectivity index (χ1v) is 5.49. The minimum Gasteiger partial charge on any atom is -0.493 e. The fourth-order valence-electron chi connectivity index (χ4n) is 1.66. The van der Waals surface area contributed by atoms with Crippen LogP contribution in [-0.4, -0.2) is 23.5 Å². The number of halogens is 2. The van der Waals surface area contributed by atoms with Crippen molar-refractivity contribution in [2.45, 2.75) is 13.2 Å². The van der Waals surface area contributed by atoms with E-state index in [4.69, 9.17) is 10.5 Å². The molecule has 0 spiro atoms. The van der Waals surface area contributed by atoms with Gasteiger partial charge in [0.05, 0.1) is 19.9 Å². The molecule has 7 heteroatoms. The summed E-state index contributed by atoms with van der Waals surface area (Å²) < 4.78 is 35.5. The number of hydrogen-bond donors (Lipinski definition) is 1. The zero-order valence-electron chi connectivity index (χ0n) is 10.2. The molecule has 19 heavy (non-hydrogen) atoms. The largest absolute Gasteiger partial charge is 0.493 e. The van der Waals surface area contributed by atoms with Gasteiger partial charge in [0.25, 0.3) is 0 Å². The standard InChI is InChI=1S/C12H13F2N3O2/c1-18-9-3-2-8(6-10(9)19-12(13)14)7-17-11(15)4-5-16-17/h2-6,12H,7,15H2,1H3. The maximum Gasteiger partial charge on any atom is 0.387 e. The number of rotatable bonds is 5. The van der Waals surface area contributed by atoms with Crippen molar-refractivity contribution in [1.29, 1.82) is 0 Å². The van der Waals surface area contributed by atoms with Crippen molar-refractivity contribution < 1.29 is 18.3 Å². The molecule has 0 aliphatic heterocycles. The normalized spacial score (nSPS) is 10.7. The molecule has 1 aromatic heterocycles. The predicted molar refractivity (Wildman–Crippen MR) is 65.4 cm³/mol. The summed E-state index contributed by atoms with van der Waals surface area (Å²) in [7, 11) is 1.39. The van der Waals surface area contributed by atoms with Gasteiger partial charge in [-0.1, -0.05) is 6.07 Å². The van der Waals surface area contributed by atoms with E-state index in [9.17, 15) is 8.78 Å². The van der Waals surface area contributed by atoms with Gasteiger partial charge >= 0.3 is 6.61 Å². The fourth-order valence-corrected chi connectivity index (χ4v) is 1.66. The molecule has 0 radical (unpaired) electrons. The molecule has 0 aliphatic carbocycles. The molecular weight excluding hydrogens is 256 g/mol. The third kappa shape index (κ3) is 3.12. The lowest BCUT2D eigenvalue weighted by Gasteiger charge is -2.12. The molecule has 0 fully saturated rings. The lowest BCUT2D eigenvalue weighted by Crippen LogP contribution is -2.07. The zero-order chi connectivity index (χ0) is 13.8. The number of nitrogens with zero attached hydrogens (tertiary/aromatic N) is 2. The van der Waals surface area contributed by atoms with Gasteiger partial charge in [-0.15, -0.1) is 0 Å². The lowest BCUT2D eigenvalue weighted by molar-refractivity contribution is -0.0512. The highest BCUT2D eigenvalue weighted by Gasteiger charge is 2.11. The molecular formula is C12H13F2N3O2. The van der Waals surface area contributed by atoms with Gasteiger partial charge in [-0.05, 0) is 23.8 Å². The van der Waals surface area contributed by atoms with Crippen LogP contribution in [0.4, 0.5) is 14.6 Å². The third-order valence-corrected chi connectivity index (χ3v) is 2.53. The van der Waals surface area contributed by atoms with Gasteiger partial charge in [-0.3, -0.25) is 0 Å². The van der Waals surface area contributed by atoms with E-state index < -0.39 is 6.61 Å². The van der Waals surface area contributed by atoms with Crippen molar-refractivity contribution in [3.05, 3.63) is 36.0 Å². The van der Waals surface area contributed by atoms with Crippen LogP contribution in [0.1, 0.15) is 5.56 Å². The molecule has 0 aliphatic rings. The van der Waals surface area contributed by atoms with E-state index in [1.165, 1.54) is 13.2 Å². The summed E-state index contributed by atoms with van der Waals surface area (Å²) in [5, 5.41) is 4.02. The van der Waals surface area contributed by atoms with Crippen LogP contribution in [0.5, 0.6) is 11.5 Å². The Morgan fingerprint density at radius 1 is 1.32 bits per heavy atom. The molecule has 102 valence electrons.